The third-order valence-electron chi connectivity index (χ3n) is 3.40. The summed E-state index contributed by atoms with van der Waals surface area (Å²) in [5.41, 5.74) is 0.782. The van der Waals surface area contributed by atoms with Crippen molar-refractivity contribution in [2.45, 2.75) is 25.8 Å². The third-order valence-corrected chi connectivity index (χ3v) is 3.89. The second kappa shape index (κ2) is 7.02. The van der Waals surface area contributed by atoms with Crippen LogP contribution < -0.4 is 5.32 Å². The molecule has 0 saturated heterocycles. The Labute approximate surface area is 136 Å². The summed E-state index contributed by atoms with van der Waals surface area (Å²) in [5.74, 6) is -0.858. The van der Waals surface area contributed by atoms with Gasteiger partial charge in [-0.3, -0.25) is 19.3 Å². The second-order valence-electron chi connectivity index (χ2n) is 5.21. The van der Waals surface area contributed by atoms with Gasteiger partial charge in [-0.05, 0) is 31.5 Å². The molecule has 1 aromatic carbocycles. The predicted octanol–water partition coefficient (Wildman–Crippen LogP) is 1.32. The maximum Gasteiger partial charge on any atom is 0.261 e. The first-order chi connectivity index (χ1) is 10.4. The number of halogens is 1. The monoisotopic (exact) mass is 368 g/mol. The number of hydrogen-bond donors (Lipinski definition) is 2. The summed E-state index contributed by atoms with van der Waals surface area (Å²) in [4.78, 5) is 37.1. The lowest BCUT2D eigenvalue weighted by atomic mass is 10.1. The zero-order valence-corrected chi connectivity index (χ0v) is 13.7. The van der Waals surface area contributed by atoms with Gasteiger partial charge >= 0.3 is 0 Å². The molecule has 2 N–H and O–H groups in total. The summed E-state index contributed by atoms with van der Waals surface area (Å²) in [7, 11) is 0. The molecule has 0 aromatic heterocycles. The van der Waals surface area contributed by atoms with E-state index in [1.165, 1.54) is 4.90 Å². The Morgan fingerprint density at radius 2 is 2.00 bits per heavy atom. The number of imide groups is 1. The van der Waals surface area contributed by atoms with E-state index >= 15 is 0 Å². The smallest absolute Gasteiger partial charge is 0.261 e. The third kappa shape index (κ3) is 3.53. The Morgan fingerprint density at radius 1 is 1.32 bits per heavy atom. The van der Waals surface area contributed by atoms with Gasteiger partial charge in [0.1, 0.15) is 0 Å². The molecule has 22 heavy (non-hydrogen) atoms. The lowest BCUT2D eigenvalue weighted by Gasteiger charge is -2.14. The highest BCUT2D eigenvalue weighted by atomic mass is 79.9. The molecule has 0 radical (unpaired) electrons. The van der Waals surface area contributed by atoms with Crippen molar-refractivity contribution < 1.29 is 19.5 Å². The van der Waals surface area contributed by atoms with Crippen LogP contribution in [0.15, 0.2) is 22.7 Å². The average Bonchev–Trinajstić information content (AvgIpc) is 2.71. The molecule has 0 aliphatic carbocycles. The predicted molar refractivity (Wildman–Crippen MR) is 83.4 cm³/mol. The number of rotatable bonds is 6. The molecule has 1 aliphatic rings. The van der Waals surface area contributed by atoms with Crippen molar-refractivity contribution in [3.8, 4) is 0 Å². The van der Waals surface area contributed by atoms with E-state index in [1.807, 2.05) is 0 Å². The zero-order chi connectivity index (χ0) is 16.3. The number of carbonyl (C=O) groups excluding carboxylic acids is 3. The van der Waals surface area contributed by atoms with Gasteiger partial charge in [0, 0.05) is 23.5 Å². The molecule has 0 fully saturated rings. The van der Waals surface area contributed by atoms with Gasteiger partial charge in [0.2, 0.25) is 5.91 Å². The summed E-state index contributed by atoms with van der Waals surface area (Å²) >= 11 is 3.28. The van der Waals surface area contributed by atoms with E-state index in [0.29, 0.717) is 17.5 Å². The highest BCUT2D eigenvalue weighted by Crippen LogP contribution is 2.26. The van der Waals surface area contributed by atoms with Crippen LogP contribution in [0, 0.1) is 0 Å². The van der Waals surface area contributed by atoms with E-state index in [1.54, 1.807) is 25.1 Å². The Balaban J connectivity index is 1.91. The number of fused-ring (bicyclic) bond motifs is 1. The molecule has 1 heterocycles. The molecule has 0 spiro atoms. The minimum atomic E-state index is -0.328. The summed E-state index contributed by atoms with van der Waals surface area (Å²) < 4.78 is 0.742. The summed E-state index contributed by atoms with van der Waals surface area (Å²) in [6.45, 7) is 1.77. The van der Waals surface area contributed by atoms with Crippen LogP contribution in [0.1, 0.15) is 40.5 Å². The normalized spacial score (nSPS) is 15.0. The number of benzene rings is 1. The van der Waals surface area contributed by atoms with Gasteiger partial charge in [-0.2, -0.15) is 0 Å². The first-order valence-electron chi connectivity index (χ1n) is 7.00. The van der Waals surface area contributed by atoms with Crippen molar-refractivity contribution in [1.82, 2.24) is 10.2 Å². The van der Waals surface area contributed by atoms with Crippen LogP contribution in [0.4, 0.5) is 0 Å². The van der Waals surface area contributed by atoms with E-state index in [9.17, 15) is 14.4 Å². The minimum absolute atomic E-state index is 0.126. The summed E-state index contributed by atoms with van der Waals surface area (Å²) in [6.07, 6.45) is 0.581. The topological polar surface area (TPSA) is 86.7 Å². The molecule has 3 amide bonds. The Kier molecular flexibility index (Phi) is 5.31. The summed E-state index contributed by atoms with van der Waals surface area (Å²) in [6, 6.07) is 4.67. The van der Waals surface area contributed by atoms with Crippen LogP contribution >= 0.6 is 15.9 Å². The second-order valence-corrected chi connectivity index (χ2v) is 6.12. The van der Waals surface area contributed by atoms with Crippen molar-refractivity contribution >= 4 is 33.7 Å². The van der Waals surface area contributed by atoms with Gasteiger partial charge in [0.15, 0.2) is 0 Å². The molecule has 7 heteroatoms. The zero-order valence-electron chi connectivity index (χ0n) is 12.1. The largest absolute Gasteiger partial charge is 0.394 e. The fraction of sp³-hybridized carbons (Fsp3) is 0.400. The van der Waals surface area contributed by atoms with Crippen LogP contribution in [0.25, 0.3) is 0 Å². The van der Waals surface area contributed by atoms with Gasteiger partial charge in [-0.1, -0.05) is 15.9 Å². The van der Waals surface area contributed by atoms with E-state index < -0.39 is 0 Å². The average molecular weight is 369 g/mol. The van der Waals surface area contributed by atoms with Gasteiger partial charge in [-0.15, -0.1) is 0 Å². The summed E-state index contributed by atoms with van der Waals surface area (Å²) in [5, 5.41) is 11.5. The lowest BCUT2D eigenvalue weighted by Crippen LogP contribution is -2.36. The maximum absolute atomic E-state index is 12.2. The van der Waals surface area contributed by atoms with Crippen LogP contribution in [0.2, 0.25) is 0 Å². The van der Waals surface area contributed by atoms with Crippen molar-refractivity contribution in [3.63, 3.8) is 0 Å². The van der Waals surface area contributed by atoms with Gasteiger partial charge < -0.3 is 10.4 Å². The molecular weight excluding hydrogens is 352 g/mol. The van der Waals surface area contributed by atoms with Crippen LogP contribution in [0.5, 0.6) is 0 Å². The first-order valence-corrected chi connectivity index (χ1v) is 7.79. The Hall–Kier alpha value is -1.73. The molecule has 0 saturated carbocycles. The molecule has 2 rings (SSSR count). The number of aliphatic hydroxyl groups excluding tert-OH is 1. The van der Waals surface area contributed by atoms with Crippen molar-refractivity contribution in [1.29, 1.82) is 0 Å². The van der Waals surface area contributed by atoms with E-state index in [2.05, 4.69) is 21.2 Å². The lowest BCUT2D eigenvalue weighted by molar-refractivity contribution is -0.122. The molecular formula is C15H17BrN2O4. The maximum atomic E-state index is 12.2. The minimum Gasteiger partial charge on any atom is -0.394 e. The molecule has 6 nitrogen and oxygen atoms in total. The van der Waals surface area contributed by atoms with E-state index in [0.717, 1.165) is 4.47 Å². The molecule has 1 aromatic rings. The number of aliphatic hydroxyl groups is 1. The standard InChI is InChI=1S/C15H17BrN2O4/c1-9(8-19)17-13(20)3-2-6-18-14(21)11-5-4-10(16)7-12(11)15(18)22/h4-5,7,9,19H,2-3,6,8H2,1H3,(H,17,20). The van der Waals surface area contributed by atoms with Crippen LogP contribution in [-0.4, -0.2) is 46.9 Å². The first kappa shape index (κ1) is 16.6. The van der Waals surface area contributed by atoms with Crippen LogP contribution in [-0.2, 0) is 4.79 Å². The number of nitrogens with one attached hydrogen (secondary N) is 1. The fourth-order valence-electron chi connectivity index (χ4n) is 2.26. The van der Waals surface area contributed by atoms with Crippen molar-refractivity contribution in [2.75, 3.05) is 13.2 Å². The highest BCUT2D eigenvalue weighted by molar-refractivity contribution is 9.10. The van der Waals surface area contributed by atoms with Gasteiger partial charge in [-0.25, -0.2) is 0 Å². The molecule has 0 bridgehead atoms. The Morgan fingerprint density at radius 3 is 2.68 bits per heavy atom. The number of carbonyl (C=O) groups is 3. The molecule has 118 valence electrons. The fourth-order valence-corrected chi connectivity index (χ4v) is 2.62. The number of nitrogens with zero attached hydrogens (tertiary/aromatic N) is 1. The molecule has 1 unspecified atom stereocenters. The van der Waals surface area contributed by atoms with E-state index in [4.69, 9.17) is 5.11 Å². The Bertz CT molecular complexity index is 618. The van der Waals surface area contributed by atoms with Crippen LogP contribution in [0.3, 0.4) is 0 Å². The quantitative estimate of drug-likeness (QED) is 0.741. The highest BCUT2D eigenvalue weighted by Gasteiger charge is 2.35. The molecule has 1 aliphatic heterocycles. The van der Waals surface area contributed by atoms with Gasteiger partial charge in [0.05, 0.1) is 17.7 Å². The molecule has 1 atom stereocenters. The number of amides is 3. The van der Waals surface area contributed by atoms with Crippen molar-refractivity contribution in [3.05, 3.63) is 33.8 Å². The van der Waals surface area contributed by atoms with Crippen molar-refractivity contribution in [2.24, 2.45) is 0 Å². The number of hydrogen-bond acceptors (Lipinski definition) is 4. The van der Waals surface area contributed by atoms with Gasteiger partial charge in [0.25, 0.3) is 11.8 Å². The van der Waals surface area contributed by atoms with E-state index in [-0.39, 0.29) is 43.3 Å². The SMILES string of the molecule is CC(CO)NC(=O)CCCN1C(=O)c2ccc(Br)cc2C1=O.